The van der Waals surface area contributed by atoms with Crippen LogP contribution in [0.4, 0.5) is 5.69 Å². The number of nitrogens with one attached hydrogen (secondary N) is 1. The molecule has 4 nitrogen and oxygen atoms in total. The van der Waals surface area contributed by atoms with E-state index >= 15 is 0 Å². The van der Waals surface area contributed by atoms with Crippen LogP contribution in [0.25, 0.3) is 0 Å². The lowest BCUT2D eigenvalue weighted by atomic mass is 10.1. The number of benzene rings is 1. The van der Waals surface area contributed by atoms with Crippen LogP contribution in [0.1, 0.15) is 17.5 Å². The summed E-state index contributed by atoms with van der Waals surface area (Å²) in [4.78, 5) is 0.475. The summed E-state index contributed by atoms with van der Waals surface area (Å²) in [6.07, 6.45) is 0.927. The Morgan fingerprint density at radius 1 is 1.15 bits per heavy atom. The number of nitrogens with zero attached hydrogens (tertiary/aromatic N) is 1. The van der Waals surface area contributed by atoms with Gasteiger partial charge in [0.2, 0.25) is 10.0 Å². The van der Waals surface area contributed by atoms with Crippen molar-refractivity contribution in [3.63, 3.8) is 0 Å². The molecule has 0 aliphatic carbocycles. The van der Waals surface area contributed by atoms with E-state index in [0.717, 1.165) is 34.7 Å². The highest BCUT2D eigenvalue weighted by molar-refractivity contribution is 7.99. The molecular formula is C14H22N2O2S2. The van der Waals surface area contributed by atoms with Gasteiger partial charge in [0, 0.05) is 31.6 Å². The molecule has 6 heteroatoms. The van der Waals surface area contributed by atoms with E-state index in [0.29, 0.717) is 18.0 Å². The minimum Gasteiger partial charge on any atom is -0.388 e. The smallest absolute Gasteiger partial charge is 0.243 e. The van der Waals surface area contributed by atoms with Crippen molar-refractivity contribution >= 4 is 27.5 Å². The van der Waals surface area contributed by atoms with Crippen LogP contribution in [0.2, 0.25) is 0 Å². The first kappa shape index (κ1) is 15.7. The molecule has 1 aromatic rings. The quantitative estimate of drug-likeness (QED) is 0.931. The zero-order valence-electron chi connectivity index (χ0n) is 12.3. The second-order valence-corrected chi connectivity index (χ2v) is 8.16. The Hall–Kier alpha value is -0.720. The first-order chi connectivity index (χ1) is 9.46. The van der Waals surface area contributed by atoms with Crippen molar-refractivity contribution in [1.29, 1.82) is 0 Å². The Kier molecular flexibility index (Phi) is 4.99. The summed E-state index contributed by atoms with van der Waals surface area (Å²) in [7, 11) is -1.54. The minimum atomic E-state index is -3.38. The zero-order valence-corrected chi connectivity index (χ0v) is 13.9. The van der Waals surface area contributed by atoms with Gasteiger partial charge < -0.3 is 5.32 Å². The van der Waals surface area contributed by atoms with Crippen molar-refractivity contribution in [3.8, 4) is 0 Å². The number of hydrogen-bond acceptors (Lipinski definition) is 4. The fraction of sp³-hybridized carbons (Fsp3) is 0.571. The highest BCUT2D eigenvalue weighted by atomic mass is 32.2. The third-order valence-electron chi connectivity index (χ3n) is 3.53. The second-order valence-electron chi connectivity index (χ2n) is 5.06. The van der Waals surface area contributed by atoms with Crippen molar-refractivity contribution in [2.75, 3.05) is 37.0 Å². The molecule has 1 N–H and O–H groups in total. The lowest BCUT2D eigenvalue weighted by Gasteiger charge is -2.22. The van der Waals surface area contributed by atoms with Gasteiger partial charge in [0.1, 0.15) is 0 Å². The predicted molar refractivity (Wildman–Crippen MR) is 86.2 cm³/mol. The average molecular weight is 314 g/mol. The third kappa shape index (κ3) is 3.13. The van der Waals surface area contributed by atoms with Gasteiger partial charge in [-0.05, 0) is 49.3 Å². The first-order valence-electron chi connectivity index (χ1n) is 6.83. The molecule has 0 bridgehead atoms. The van der Waals surface area contributed by atoms with E-state index in [4.69, 9.17) is 0 Å². The molecule has 1 saturated heterocycles. The SMILES string of the molecule is CNc1cc(C)c(S(=O)(=O)N2CCCSCC2)c(C)c1. The molecule has 1 aliphatic heterocycles. The molecular weight excluding hydrogens is 292 g/mol. The van der Waals surface area contributed by atoms with Crippen LogP contribution in [0.3, 0.4) is 0 Å². The molecule has 1 aromatic carbocycles. The van der Waals surface area contributed by atoms with Crippen LogP contribution >= 0.6 is 11.8 Å². The molecule has 112 valence electrons. The van der Waals surface area contributed by atoms with Crippen LogP contribution in [-0.2, 0) is 10.0 Å². The van der Waals surface area contributed by atoms with Gasteiger partial charge in [-0.25, -0.2) is 8.42 Å². The van der Waals surface area contributed by atoms with Gasteiger partial charge in [-0.3, -0.25) is 0 Å². The van der Waals surface area contributed by atoms with Crippen LogP contribution in [0, 0.1) is 13.8 Å². The summed E-state index contributed by atoms with van der Waals surface area (Å²) >= 11 is 1.83. The number of sulfonamides is 1. The van der Waals surface area contributed by atoms with E-state index in [1.807, 2.05) is 44.8 Å². The number of thioether (sulfide) groups is 1. The van der Waals surface area contributed by atoms with Crippen LogP contribution in [-0.4, -0.2) is 44.4 Å². The monoisotopic (exact) mass is 314 g/mol. The summed E-state index contributed by atoms with van der Waals surface area (Å²) in [5.41, 5.74) is 2.57. The minimum absolute atomic E-state index is 0.475. The summed E-state index contributed by atoms with van der Waals surface area (Å²) in [6.45, 7) is 4.97. The van der Waals surface area contributed by atoms with Crippen molar-refractivity contribution in [2.24, 2.45) is 0 Å². The molecule has 0 saturated carbocycles. The standard InChI is InChI=1S/C14H22N2O2S2/c1-11-9-13(15-3)10-12(2)14(11)20(17,18)16-5-4-7-19-8-6-16/h9-10,15H,4-8H2,1-3H3. The van der Waals surface area contributed by atoms with E-state index in [2.05, 4.69) is 5.32 Å². The van der Waals surface area contributed by atoms with Crippen molar-refractivity contribution in [1.82, 2.24) is 4.31 Å². The number of hydrogen-bond donors (Lipinski definition) is 1. The fourth-order valence-corrected chi connectivity index (χ4v) is 5.49. The van der Waals surface area contributed by atoms with Crippen molar-refractivity contribution in [2.45, 2.75) is 25.2 Å². The molecule has 0 aromatic heterocycles. The summed E-state index contributed by atoms with van der Waals surface area (Å²) in [6, 6.07) is 3.79. The molecule has 1 fully saturated rings. The summed E-state index contributed by atoms with van der Waals surface area (Å²) in [5, 5.41) is 3.07. The van der Waals surface area contributed by atoms with E-state index in [9.17, 15) is 8.42 Å². The maximum absolute atomic E-state index is 12.9. The molecule has 0 spiro atoms. The third-order valence-corrected chi connectivity index (χ3v) is 6.78. The van der Waals surface area contributed by atoms with Gasteiger partial charge in [-0.2, -0.15) is 16.1 Å². The largest absolute Gasteiger partial charge is 0.388 e. The first-order valence-corrected chi connectivity index (χ1v) is 9.43. The lowest BCUT2D eigenvalue weighted by Crippen LogP contribution is -2.33. The van der Waals surface area contributed by atoms with E-state index in [1.165, 1.54) is 0 Å². The van der Waals surface area contributed by atoms with Gasteiger partial charge in [-0.1, -0.05) is 0 Å². The van der Waals surface area contributed by atoms with Crippen LogP contribution in [0.5, 0.6) is 0 Å². The summed E-state index contributed by atoms with van der Waals surface area (Å²) in [5.74, 6) is 1.93. The normalized spacial score (nSPS) is 17.8. The summed E-state index contributed by atoms with van der Waals surface area (Å²) < 4.78 is 27.4. The Balaban J connectivity index is 2.43. The molecule has 0 amide bonds. The average Bonchev–Trinajstić information content (AvgIpc) is 2.66. The maximum Gasteiger partial charge on any atom is 0.243 e. The predicted octanol–water partition coefficient (Wildman–Crippen LogP) is 2.47. The van der Waals surface area contributed by atoms with Crippen molar-refractivity contribution < 1.29 is 8.42 Å². The molecule has 0 atom stereocenters. The Morgan fingerprint density at radius 3 is 2.40 bits per heavy atom. The zero-order chi connectivity index (χ0) is 14.8. The van der Waals surface area contributed by atoms with Gasteiger partial charge in [0.25, 0.3) is 0 Å². The topological polar surface area (TPSA) is 49.4 Å². The van der Waals surface area contributed by atoms with Gasteiger partial charge in [-0.15, -0.1) is 0 Å². The van der Waals surface area contributed by atoms with E-state index in [1.54, 1.807) is 4.31 Å². The molecule has 20 heavy (non-hydrogen) atoms. The highest BCUT2D eigenvalue weighted by Gasteiger charge is 2.28. The molecule has 1 heterocycles. The van der Waals surface area contributed by atoms with Gasteiger partial charge >= 0.3 is 0 Å². The maximum atomic E-state index is 12.9. The Labute approximate surface area is 126 Å². The van der Waals surface area contributed by atoms with Gasteiger partial charge in [0.15, 0.2) is 0 Å². The van der Waals surface area contributed by atoms with Crippen LogP contribution in [0.15, 0.2) is 17.0 Å². The van der Waals surface area contributed by atoms with E-state index < -0.39 is 10.0 Å². The molecule has 0 unspecified atom stereocenters. The Morgan fingerprint density at radius 2 is 1.80 bits per heavy atom. The molecule has 1 aliphatic rings. The Bertz CT molecular complexity index is 554. The van der Waals surface area contributed by atoms with Crippen molar-refractivity contribution in [3.05, 3.63) is 23.3 Å². The van der Waals surface area contributed by atoms with Gasteiger partial charge in [0.05, 0.1) is 4.90 Å². The van der Waals surface area contributed by atoms with E-state index in [-0.39, 0.29) is 0 Å². The number of rotatable bonds is 3. The lowest BCUT2D eigenvalue weighted by molar-refractivity contribution is 0.434. The fourth-order valence-electron chi connectivity index (χ4n) is 2.59. The van der Waals surface area contributed by atoms with Crippen LogP contribution < -0.4 is 5.32 Å². The second kappa shape index (κ2) is 6.37. The number of anilines is 1. The molecule has 2 rings (SSSR count). The molecule has 0 radical (unpaired) electrons. The highest BCUT2D eigenvalue weighted by Crippen LogP contribution is 2.28. The number of aryl methyl sites for hydroxylation is 2.